The highest BCUT2D eigenvalue weighted by atomic mass is 19.4. The minimum Gasteiger partial charge on any atom is -0.504 e. The van der Waals surface area contributed by atoms with E-state index in [1.807, 2.05) is 0 Å². The van der Waals surface area contributed by atoms with Gasteiger partial charge >= 0.3 is 6.36 Å². The number of halogens is 3. The molecule has 0 unspecified atom stereocenters. The Morgan fingerprint density at radius 2 is 1.59 bits per heavy atom. The molecule has 0 aliphatic heterocycles. The predicted molar refractivity (Wildman–Crippen MR) is 119 cm³/mol. The SMILES string of the molecule is O=c1[nH]c(O)c(C=NCc2ccc(O)c(O)c2)c2cc(-c3ccc(OC(F)(F)F)cc3)ccc12. The van der Waals surface area contributed by atoms with Gasteiger partial charge in [-0.1, -0.05) is 24.3 Å². The van der Waals surface area contributed by atoms with E-state index in [9.17, 15) is 33.3 Å². The average molecular weight is 470 g/mol. The Morgan fingerprint density at radius 3 is 2.26 bits per heavy atom. The summed E-state index contributed by atoms with van der Waals surface area (Å²) in [6.45, 7) is 0.119. The van der Waals surface area contributed by atoms with E-state index in [2.05, 4.69) is 14.7 Å². The van der Waals surface area contributed by atoms with Crippen LogP contribution in [-0.4, -0.2) is 32.9 Å². The molecule has 0 saturated heterocycles. The normalized spacial score (nSPS) is 11.9. The summed E-state index contributed by atoms with van der Waals surface area (Å²) in [5.74, 6) is -1.32. The summed E-state index contributed by atoms with van der Waals surface area (Å²) in [5, 5.41) is 30.0. The number of benzene rings is 3. The van der Waals surface area contributed by atoms with Crippen molar-refractivity contribution in [2.75, 3.05) is 0 Å². The number of pyridine rings is 1. The Morgan fingerprint density at radius 1 is 0.882 bits per heavy atom. The molecule has 0 aliphatic rings. The van der Waals surface area contributed by atoms with Crippen molar-refractivity contribution in [3.63, 3.8) is 0 Å². The molecule has 0 radical (unpaired) electrons. The Balaban J connectivity index is 1.69. The lowest BCUT2D eigenvalue weighted by Crippen LogP contribution is -2.16. The van der Waals surface area contributed by atoms with E-state index < -0.39 is 17.8 Å². The number of aliphatic imine (C=N–C) groups is 1. The van der Waals surface area contributed by atoms with E-state index in [1.54, 1.807) is 24.3 Å². The summed E-state index contributed by atoms with van der Waals surface area (Å²) in [7, 11) is 0. The largest absolute Gasteiger partial charge is 0.573 e. The van der Waals surface area contributed by atoms with Crippen LogP contribution in [0.25, 0.3) is 21.9 Å². The van der Waals surface area contributed by atoms with Crippen molar-refractivity contribution in [2.45, 2.75) is 12.9 Å². The third-order valence-corrected chi connectivity index (χ3v) is 5.00. The summed E-state index contributed by atoms with van der Waals surface area (Å²) in [6.07, 6.45) is -3.43. The fourth-order valence-corrected chi connectivity index (χ4v) is 3.40. The van der Waals surface area contributed by atoms with Gasteiger partial charge in [0.05, 0.1) is 12.1 Å². The monoisotopic (exact) mass is 470 g/mol. The molecule has 7 nitrogen and oxygen atoms in total. The quantitative estimate of drug-likeness (QED) is 0.246. The third kappa shape index (κ3) is 4.96. The molecule has 0 bridgehead atoms. The van der Waals surface area contributed by atoms with Crippen molar-refractivity contribution in [1.82, 2.24) is 4.98 Å². The maximum absolute atomic E-state index is 12.4. The number of H-pyrrole nitrogens is 1. The van der Waals surface area contributed by atoms with Crippen molar-refractivity contribution in [3.05, 3.63) is 82.1 Å². The second-order valence-corrected chi connectivity index (χ2v) is 7.34. The average Bonchev–Trinajstić information content (AvgIpc) is 2.77. The van der Waals surface area contributed by atoms with Gasteiger partial charge in [-0.25, -0.2) is 0 Å². The van der Waals surface area contributed by atoms with Gasteiger partial charge in [-0.2, -0.15) is 0 Å². The molecule has 0 atom stereocenters. The second kappa shape index (κ2) is 8.81. The molecule has 4 N–H and O–H groups in total. The Labute approximate surface area is 190 Å². The Kier molecular flexibility index (Phi) is 5.89. The Hall–Kier alpha value is -4.47. The maximum atomic E-state index is 12.4. The number of phenolic OH excluding ortho intramolecular Hbond substituents is 2. The molecule has 10 heteroatoms. The van der Waals surface area contributed by atoms with Crippen LogP contribution in [-0.2, 0) is 6.54 Å². The number of aromatic nitrogens is 1. The first-order chi connectivity index (χ1) is 16.1. The van der Waals surface area contributed by atoms with Gasteiger partial charge < -0.3 is 20.1 Å². The molecule has 0 aliphatic carbocycles. The standard InChI is InChI=1S/C24H17F3N2O5/c25-24(26,27)34-16-5-2-14(3-6-16)15-4-7-17-18(10-15)19(23(33)29-22(17)32)12-28-11-13-1-8-20(30)21(31)9-13/h1-10,12,30-31H,11H2,(H2,29,32,33). The lowest BCUT2D eigenvalue weighted by molar-refractivity contribution is -0.274. The highest BCUT2D eigenvalue weighted by molar-refractivity contribution is 6.02. The lowest BCUT2D eigenvalue weighted by atomic mass is 9.99. The summed E-state index contributed by atoms with van der Waals surface area (Å²) in [6, 6.07) is 14.3. The van der Waals surface area contributed by atoms with E-state index in [0.717, 1.165) is 0 Å². The van der Waals surface area contributed by atoms with Crippen LogP contribution in [0.1, 0.15) is 11.1 Å². The molecule has 0 fully saturated rings. The number of ether oxygens (including phenoxy) is 1. The van der Waals surface area contributed by atoms with Crippen LogP contribution in [0.3, 0.4) is 0 Å². The van der Waals surface area contributed by atoms with E-state index in [1.165, 1.54) is 42.6 Å². The highest BCUT2D eigenvalue weighted by Crippen LogP contribution is 2.30. The van der Waals surface area contributed by atoms with Crippen LogP contribution in [0.4, 0.5) is 13.2 Å². The van der Waals surface area contributed by atoms with Crippen LogP contribution in [0, 0.1) is 0 Å². The first-order valence-corrected chi connectivity index (χ1v) is 9.86. The smallest absolute Gasteiger partial charge is 0.504 e. The summed E-state index contributed by atoms with van der Waals surface area (Å²) >= 11 is 0. The number of aromatic hydroxyl groups is 3. The zero-order valence-corrected chi connectivity index (χ0v) is 17.3. The molecule has 174 valence electrons. The van der Waals surface area contributed by atoms with Crippen LogP contribution in [0.2, 0.25) is 0 Å². The fraction of sp³-hybridized carbons (Fsp3) is 0.0833. The van der Waals surface area contributed by atoms with Crippen LogP contribution in [0.5, 0.6) is 23.1 Å². The molecule has 1 heterocycles. The number of nitrogens with zero attached hydrogens (tertiary/aromatic N) is 1. The van der Waals surface area contributed by atoms with E-state index in [4.69, 9.17) is 0 Å². The lowest BCUT2D eigenvalue weighted by Gasteiger charge is -2.10. The predicted octanol–water partition coefficient (Wildman–Crippen LogP) is 4.83. The summed E-state index contributed by atoms with van der Waals surface area (Å²) in [5.41, 5.74) is 1.47. The van der Waals surface area contributed by atoms with Gasteiger partial charge in [0.25, 0.3) is 5.56 Å². The molecule has 0 spiro atoms. The molecule has 4 rings (SSSR count). The molecule has 0 saturated carbocycles. The highest BCUT2D eigenvalue weighted by Gasteiger charge is 2.31. The van der Waals surface area contributed by atoms with Gasteiger partial charge in [-0.3, -0.25) is 14.8 Å². The number of hydrogen-bond donors (Lipinski definition) is 4. The van der Waals surface area contributed by atoms with E-state index in [0.29, 0.717) is 22.1 Å². The van der Waals surface area contributed by atoms with Gasteiger partial charge in [0.2, 0.25) is 5.88 Å². The van der Waals surface area contributed by atoms with Crippen molar-refractivity contribution >= 4 is 17.0 Å². The first-order valence-electron chi connectivity index (χ1n) is 9.86. The Bertz CT molecular complexity index is 1440. The van der Waals surface area contributed by atoms with Crippen LogP contribution in [0.15, 0.2) is 70.5 Å². The van der Waals surface area contributed by atoms with Gasteiger partial charge in [0.15, 0.2) is 11.5 Å². The number of fused-ring (bicyclic) bond motifs is 1. The van der Waals surface area contributed by atoms with Crippen molar-refractivity contribution < 1.29 is 33.2 Å². The second-order valence-electron chi connectivity index (χ2n) is 7.34. The summed E-state index contributed by atoms with van der Waals surface area (Å²) in [4.78, 5) is 18.9. The van der Waals surface area contributed by atoms with Crippen molar-refractivity contribution in [2.24, 2.45) is 4.99 Å². The third-order valence-electron chi connectivity index (χ3n) is 5.00. The van der Waals surface area contributed by atoms with Gasteiger partial charge in [-0.05, 0) is 53.1 Å². The van der Waals surface area contributed by atoms with Crippen LogP contribution >= 0.6 is 0 Å². The number of alkyl halides is 3. The molecular weight excluding hydrogens is 453 g/mol. The first kappa shape index (κ1) is 22.7. The number of rotatable bonds is 5. The number of nitrogens with one attached hydrogen (secondary N) is 1. The zero-order valence-electron chi connectivity index (χ0n) is 17.3. The minimum atomic E-state index is -4.80. The van der Waals surface area contributed by atoms with Gasteiger partial charge in [0.1, 0.15) is 5.75 Å². The topological polar surface area (TPSA) is 115 Å². The molecule has 34 heavy (non-hydrogen) atoms. The van der Waals surface area contributed by atoms with Gasteiger partial charge in [0, 0.05) is 17.0 Å². The van der Waals surface area contributed by atoms with E-state index >= 15 is 0 Å². The van der Waals surface area contributed by atoms with Crippen molar-refractivity contribution in [1.29, 1.82) is 0 Å². The maximum Gasteiger partial charge on any atom is 0.573 e. The van der Waals surface area contributed by atoms with Crippen LogP contribution < -0.4 is 10.3 Å². The van der Waals surface area contributed by atoms with E-state index in [-0.39, 0.29) is 34.7 Å². The molecule has 1 aromatic heterocycles. The van der Waals surface area contributed by atoms with Crippen molar-refractivity contribution in [3.8, 4) is 34.3 Å². The molecule has 4 aromatic rings. The molecular formula is C24H17F3N2O5. The van der Waals surface area contributed by atoms with Gasteiger partial charge in [-0.15, -0.1) is 13.2 Å². The number of hydrogen-bond acceptors (Lipinski definition) is 6. The number of aromatic amines is 1. The summed E-state index contributed by atoms with van der Waals surface area (Å²) < 4.78 is 41.1. The number of phenols is 2. The zero-order chi connectivity index (χ0) is 24.5. The molecule has 0 amide bonds. The molecule has 3 aromatic carbocycles. The fourth-order valence-electron chi connectivity index (χ4n) is 3.40. The minimum absolute atomic E-state index is 0.119.